The fourth-order valence-corrected chi connectivity index (χ4v) is 5.35. The third-order valence-electron chi connectivity index (χ3n) is 6.63. The number of anilines is 1. The molecule has 180 valence electrons. The summed E-state index contributed by atoms with van der Waals surface area (Å²) in [7, 11) is 0. The highest BCUT2D eigenvalue weighted by molar-refractivity contribution is 7.14. The Labute approximate surface area is 202 Å². The topological polar surface area (TPSA) is 138 Å². The van der Waals surface area contributed by atoms with Crippen molar-refractivity contribution in [3.63, 3.8) is 0 Å². The zero-order valence-corrected chi connectivity index (χ0v) is 20.0. The summed E-state index contributed by atoms with van der Waals surface area (Å²) in [6.45, 7) is 2.70. The van der Waals surface area contributed by atoms with Gasteiger partial charge >= 0.3 is 5.97 Å². The molecule has 2 heterocycles. The summed E-state index contributed by atoms with van der Waals surface area (Å²) in [5.74, 6) is -0.224. The average molecular weight is 483 g/mol. The molecule has 0 saturated heterocycles. The molecule has 1 aliphatic rings. The second-order valence-electron chi connectivity index (χ2n) is 9.18. The molecule has 1 fully saturated rings. The number of hydrogen-bond donors (Lipinski definition) is 4. The van der Waals surface area contributed by atoms with E-state index in [1.54, 1.807) is 23.6 Å². The van der Waals surface area contributed by atoms with Gasteiger partial charge in [0, 0.05) is 28.3 Å². The third kappa shape index (κ3) is 5.37. The molecule has 0 spiro atoms. The number of nitrogens with two attached hydrogens (primary N) is 1. The normalized spacial score (nSPS) is 18.2. The van der Waals surface area contributed by atoms with Crippen molar-refractivity contribution in [1.82, 2.24) is 9.97 Å². The highest BCUT2D eigenvalue weighted by Gasteiger charge is 2.23. The van der Waals surface area contributed by atoms with Crippen LogP contribution in [0.1, 0.15) is 82.3 Å². The molecule has 1 amide bonds. The lowest BCUT2D eigenvalue weighted by molar-refractivity contribution is 0.0689. The Kier molecular flexibility index (Phi) is 7.43. The van der Waals surface area contributed by atoms with E-state index in [2.05, 4.69) is 22.2 Å². The number of aryl methyl sites for hydroxylation is 1. The van der Waals surface area contributed by atoms with E-state index >= 15 is 0 Å². The predicted octanol–water partition coefficient (Wildman–Crippen LogP) is 4.87. The number of thiazole rings is 1. The molecule has 0 unspecified atom stereocenters. The minimum absolute atomic E-state index is 0.0239. The highest BCUT2D eigenvalue weighted by Crippen LogP contribution is 2.32. The highest BCUT2D eigenvalue weighted by atomic mass is 32.1. The van der Waals surface area contributed by atoms with E-state index in [1.165, 1.54) is 24.2 Å². The summed E-state index contributed by atoms with van der Waals surface area (Å²) in [6, 6.07) is 5.02. The number of carbonyl (C=O) groups is 3. The predicted molar refractivity (Wildman–Crippen MR) is 133 cm³/mol. The maximum atomic E-state index is 12.9. The molecule has 9 heteroatoms. The van der Waals surface area contributed by atoms with Gasteiger partial charge in [0.15, 0.2) is 10.9 Å². The number of hydrogen-bond acceptors (Lipinski definition) is 6. The van der Waals surface area contributed by atoms with E-state index in [0.717, 1.165) is 18.8 Å². The fraction of sp³-hybridized carbons (Fsp3) is 0.440. The molecule has 34 heavy (non-hydrogen) atoms. The minimum Gasteiger partial charge on any atom is -0.477 e. The van der Waals surface area contributed by atoms with Crippen LogP contribution in [0.15, 0.2) is 23.6 Å². The molecule has 5 N–H and O–H groups in total. The second kappa shape index (κ2) is 10.5. The summed E-state index contributed by atoms with van der Waals surface area (Å²) in [6.07, 6.45) is 6.15. The van der Waals surface area contributed by atoms with Gasteiger partial charge in [-0.1, -0.05) is 19.8 Å². The monoisotopic (exact) mass is 482 g/mol. The third-order valence-corrected chi connectivity index (χ3v) is 7.39. The van der Waals surface area contributed by atoms with Crippen LogP contribution in [-0.4, -0.2) is 39.3 Å². The van der Waals surface area contributed by atoms with Crippen LogP contribution in [-0.2, 0) is 6.42 Å². The molecular weight excluding hydrogens is 452 g/mol. The first-order chi connectivity index (χ1) is 16.4. The van der Waals surface area contributed by atoms with Crippen LogP contribution in [0, 0.1) is 11.8 Å². The number of rotatable bonds is 9. The van der Waals surface area contributed by atoms with Crippen molar-refractivity contribution in [1.29, 1.82) is 0 Å². The molecule has 0 atom stereocenters. The van der Waals surface area contributed by atoms with Crippen LogP contribution in [0.2, 0.25) is 0 Å². The van der Waals surface area contributed by atoms with Crippen LogP contribution >= 0.6 is 11.3 Å². The van der Waals surface area contributed by atoms with Crippen molar-refractivity contribution in [2.75, 3.05) is 11.9 Å². The number of carboxylic acid groups (broad SMARTS) is 1. The van der Waals surface area contributed by atoms with Crippen LogP contribution in [0.25, 0.3) is 10.9 Å². The number of nitrogens with zero attached hydrogens (tertiary/aromatic N) is 1. The van der Waals surface area contributed by atoms with Crippen molar-refractivity contribution in [3.05, 3.63) is 46.1 Å². The van der Waals surface area contributed by atoms with Crippen LogP contribution < -0.4 is 11.1 Å². The molecule has 3 aromatic rings. The Morgan fingerprint density at radius 3 is 2.71 bits per heavy atom. The number of H-pyrrole nitrogens is 1. The van der Waals surface area contributed by atoms with E-state index in [4.69, 9.17) is 5.73 Å². The number of fused-ring (bicyclic) bond motifs is 1. The number of ketones is 1. The van der Waals surface area contributed by atoms with Crippen molar-refractivity contribution in [2.24, 2.45) is 17.6 Å². The largest absolute Gasteiger partial charge is 0.477 e. The fourth-order valence-electron chi connectivity index (χ4n) is 4.64. The van der Waals surface area contributed by atoms with Crippen molar-refractivity contribution in [2.45, 2.75) is 51.9 Å². The number of benzene rings is 1. The van der Waals surface area contributed by atoms with Gasteiger partial charge in [-0.15, -0.1) is 11.3 Å². The molecular formula is C25H30N4O4S. The average Bonchev–Trinajstić information content (AvgIpc) is 3.43. The summed E-state index contributed by atoms with van der Waals surface area (Å²) in [5, 5.41) is 15.1. The Morgan fingerprint density at radius 1 is 1.24 bits per heavy atom. The van der Waals surface area contributed by atoms with Gasteiger partial charge in [0.05, 0.1) is 0 Å². The molecule has 1 aliphatic carbocycles. The zero-order chi connectivity index (χ0) is 24.2. The molecule has 2 aromatic heterocycles. The summed E-state index contributed by atoms with van der Waals surface area (Å²) in [4.78, 5) is 44.4. The van der Waals surface area contributed by atoms with Gasteiger partial charge in [0.2, 0.25) is 0 Å². The Hall–Kier alpha value is -3.04. The quantitative estimate of drug-likeness (QED) is 0.321. The number of amides is 1. The summed E-state index contributed by atoms with van der Waals surface area (Å²) < 4.78 is 0. The Bertz CT molecular complexity index is 1210. The van der Waals surface area contributed by atoms with E-state index in [9.17, 15) is 19.5 Å². The zero-order valence-electron chi connectivity index (χ0n) is 19.2. The van der Waals surface area contributed by atoms with Crippen molar-refractivity contribution < 1.29 is 19.5 Å². The van der Waals surface area contributed by atoms with E-state index < -0.39 is 5.97 Å². The molecule has 0 aliphatic heterocycles. The SMILES string of the molecule is CC1CCC(CC(=O)c2csc(NC(=O)c3ccc4[nH]c(C(=O)O)c(CCCN)c4c3)n2)CC1. The van der Waals surface area contributed by atoms with Crippen LogP contribution in [0.4, 0.5) is 5.13 Å². The molecule has 1 saturated carbocycles. The molecule has 0 bridgehead atoms. The van der Waals surface area contributed by atoms with Gasteiger partial charge < -0.3 is 15.8 Å². The Balaban J connectivity index is 1.46. The van der Waals surface area contributed by atoms with E-state index in [0.29, 0.717) is 64.6 Å². The number of aromatic carboxylic acids is 1. The maximum absolute atomic E-state index is 12.9. The number of aromatic amines is 1. The minimum atomic E-state index is -1.04. The first kappa shape index (κ1) is 24.1. The van der Waals surface area contributed by atoms with Gasteiger partial charge in [-0.25, -0.2) is 9.78 Å². The number of carbonyl (C=O) groups excluding carboxylic acids is 2. The first-order valence-corrected chi connectivity index (χ1v) is 12.6. The second-order valence-corrected chi connectivity index (χ2v) is 10.0. The van der Waals surface area contributed by atoms with Gasteiger partial charge in [-0.3, -0.25) is 14.9 Å². The molecule has 0 radical (unpaired) electrons. The lowest BCUT2D eigenvalue weighted by Gasteiger charge is -2.25. The first-order valence-electron chi connectivity index (χ1n) is 11.7. The number of carboxylic acids is 1. The van der Waals surface area contributed by atoms with E-state index in [1.807, 2.05) is 0 Å². The lowest BCUT2D eigenvalue weighted by Crippen LogP contribution is -2.16. The van der Waals surface area contributed by atoms with Gasteiger partial charge in [0.25, 0.3) is 5.91 Å². The number of Topliss-reactive ketones (excluding diaryl/α,β-unsaturated/α-hetero) is 1. The standard InChI is InChI=1S/C25H30N4O4S/c1-14-4-6-15(7-5-14)11-21(30)20-13-34-25(28-20)29-23(31)16-8-9-19-18(12-16)17(3-2-10-26)22(27-19)24(32)33/h8-9,12-15,27H,2-7,10-11,26H2,1H3,(H,32,33)(H,28,29,31). The van der Waals surface area contributed by atoms with Crippen molar-refractivity contribution in [3.8, 4) is 0 Å². The smallest absolute Gasteiger partial charge is 0.352 e. The maximum Gasteiger partial charge on any atom is 0.352 e. The van der Waals surface area contributed by atoms with Gasteiger partial charge in [0.1, 0.15) is 11.4 Å². The number of aromatic nitrogens is 2. The number of nitrogens with one attached hydrogen (secondary N) is 2. The summed E-state index contributed by atoms with van der Waals surface area (Å²) >= 11 is 1.23. The Morgan fingerprint density at radius 2 is 2.00 bits per heavy atom. The van der Waals surface area contributed by atoms with Crippen LogP contribution in [0.3, 0.4) is 0 Å². The van der Waals surface area contributed by atoms with E-state index in [-0.39, 0.29) is 17.4 Å². The molecule has 4 rings (SSSR count). The van der Waals surface area contributed by atoms with Gasteiger partial charge in [-0.2, -0.15) is 0 Å². The van der Waals surface area contributed by atoms with Gasteiger partial charge in [-0.05, 0) is 67.8 Å². The molecule has 8 nitrogen and oxygen atoms in total. The molecule has 1 aromatic carbocycles. The summed E-state index contributed by atoms with van der Waals surface area (Å²) in [5.41, 5.74) is 7.81. The van der Waals surface area contributed by atoms with Crippen molar-refractivity contribution >= 4 is 45.0 Å². The lowest BCUT2D eigenvalue weighted by atomic mass is 9.80. The van der Waals surface area contributed by atoms with Crippen LogP contribution in [0.5, 0.6) is 0 Å².